The minimum atomic E-state index is 0.462. The number of aromatic nitrogens is 2. The molecule has 1 aromatic heterocycles. The van der Waals surface area contributed by atoms with Gasteiger partial charge in [-0.3, -0.25) is 0 Å². The van der Waals surface area contributed by atoms with Crippen molar-refractivity contribution in [1.29, 1.82) is 0 Å². The fraction of sp³-hybridized carbons (Fsp3) is 0.500. The van der Waals surface area contributed by atoms with Gasteiger partial charge in [-0.15, -0.1) is 0 Å². The molecule has 0 amide bonds. The first kappa shape index (κ1) is 16.0. The maximum Gasteiger partial charge on any atom is 0.226 e. The van der Waals surface area contributed by atoms with Crippen molar-refractivity contribution in [3.05, 3.63) is 46.6 Å². The van der Waals surface area contributed by atoms with Crippen LogP contribution in [0.25, 0.3) is 0 Å². The maximum atomic E-state index is 6.14. The Morgan fingerprint density at radius 3 is 2.90 bits per heavy atom. The number of hydrogen-bond donors (Lipinski definition) is 1. The normalized spacial score (nSPS) is 12.5. The van der Waals surface area contributed by atoms with Crippen molar-refractivity contribution in [2.45, 2.75) is 45.6 Å². The van der Waals surface area contributed by atoms with Gasteiger partial charge in [0.05, 0.1) is 0 Å². The van der Waals surface area contributed by atoms with Crippen molar-refractivity contribution >= 4 is 11.6 Å². The van der Waals surface area contributed by atoms with Gasteiger partial charge in [0.2, 0.25) is 5.89 Å². The average molecular weight is 308 g/mol. The van der Waals surface area contributed by atoms with Gasteiger partial charge in [0.1, 0.15) is 0 Å². The Hall–Kier alpha value is -1.39. The highest BCUT2D eigenvalue weighted by atomic mass is 35.5. The summed E-state index contributed by atoms with van der Waals surface area (Å²) in [6, 6.07) is 8.19. The summed E-state index contributed by atoms with van der Waals surface area (Å²) < 4.78 is 5.30. The molecular formula is C16H22ClN3O. The Morgan fingerprint density at radius 2 is 2.14 bits per heavy atom. The van der Waals surface area contributed by atoms with E-state index in [9.17, 15) is 0 Å². The van der Waals surface area contributed by atoms with Crippen molar-refractivity contribution in [3.63, 3.8) is 0 Å². The number of nitrogens with one attached hydrogen (secondary N) is 1. The second-order valence-corrected chi connectivity index (χ2v) is 5.67. The standard InChI is InChI=1S/C16H22ClN3O/c1-3-10-18-12(2)8-9-16-19-15(20-21-16)11-13-6-4-5-7-14(13)17/h4-7,12,18H,3,8-11H2,1-2H3. The van der Waals surface area contributed by atoms with E-state index in [-0.39, 0.29) is 0 Å². The summed E-state index contributed by atoms with van der Waals surface area (Å²) >= 11 is 6.14. The molecule has 0 fully saturated rings. The molecule has 0 bridgehead atoms. The number of rotatable bonds is 8. The predicted octanol–water partition coefficient (Wildman–Crippen LogP) is 3.63. The van der Waals surface area contributed by atoms with Crippen LogP contribution in [0.4, 0.5) is 0 Å². The Kier molecular flexibility index (Phi) is 6.21. The van der Waals surface area contributed by atoms with Gasteiger partial charge in [0.15, 0.2) is 5.82 Å². The highest BCUT2D eigenvalue weighted by molar-refractivity contribution is 6.31. The molecule has 5 heteroatoms. The molecule has 1 unspecified atom stereocenters. The second-order valence-electron chi connectivity index (χ2n) is 5.27. The smallest absolute Gasteiger partial charge is 0.226 e. The minimum Gasteiger partial charge on any atom is -0.339 e. The van der Waals surface area contributed by atoms with Crippen molar-refractivity contribution in [1.82, 2.24) is 15.5 Å². The van der Waals surface area contributed by atoms with Crippen LogP contribution in [-0.4, -0.2) is 22.7 Å². The summed E-state index contributed by atoms with van der Waals surface area (Å²) in [6.07, 6.45) is 3.54. The lowest BCUT2D eigenvalue weighted by Crippen LogP contribution is -2.27. The highest BCUT2D eigenvalue weighted by Gasteiger charge is 2.10. The van der Waals surface area contributed by atoms with Gasteiger partial charge in [-0.1, -0.05) is 41.9 Å². The number of aryl methyl sites for hydroxylation is 1. The first-order valence-corrected chi connectivity index (χ1v) is 7.85. The molecule has 0 saturated carbocycles. The first-order chi connectivity index (χ1) is 10.2. The predicted molar refractivity (Wildman–Crippen MR) is 84.6 cm³/mol. The molecule has 2 rings (SSSR count). The molecule has 1 atom stereocenters. The molecule has 1 aromatic carbocycles. The van der Waals surface area contributed by atoms with E-state index in [4.69, 9.17) is 16.1 Å². The van der Waals surface area contributed by atoms with Gasteiger partial charge in [-0.25, -0.2) is 0 Å². The molecule has 1 heterocycles. The van der Waals surface area contributed by atoms with E-state index in [1.54, 1.807) is 0 Å². The van der Waals surface area contributed by atoms with Crippen LogP contribution in [0.3, 0.4) is 0 Å². The quantitative estimate of drug-likeness (QED) is 0.809. The zero-order valence-corrected chi connectivity index (χ0v) is 13.4. The Labute approximate surface area is 130 Å². The largest absolute Gasteiger partial charge is 0.339 e. The molecule has 114 valence electrons. The van der Waals surface area contributed by atoms with E-state index in [0.29, 0.717) is 24.2 Å². The molecule has 0 aliphatic carbocycles. The average Bonchev–Trinajstić information content (AvgIpc) is 2.93. The number of nitrogens with zero attached hydrogens (tertiary/aromatic N) is 2. The summed E-state index contributed by atoms with van der Waals surface area (Å²) in [5.74, 6) is 1.38. The third kappa shape index (κ3) is 5.14. The molecule has 0 saturated heterocycles. The molecule has 4 nitrogen and oxygen atoms in total. The van der Waals surface area contributed by atoms with Gasteiger partial charge in [-0.2, -0.15) is 4.98 Å². The number of benzene rings is 1. The number of halogens is 1. The van der Waals surface area contributed by atoms with Gasteiger partial charge in [-0.05, 0) is 37.9 Å². The Bertz CT molecular complexity index is 556. The fourth-order valence-electron chi connectivity index (χ4n) is 2.11. The molecule has 0 spiro atoms. The third-order valence-corrected chi connectivity index (χ3v) is 3.72. The Morgan fingerprint density at radius 1 is 1.33 bits per heavy atom. The summed E-state index contributed by atoms with van der Waals surface area (Å²) in [5, 5.41) is 8.21. The van der Waals surface area contributed by atoms with Crippen LogP contribution in [0.2, 0.25) is 5.02 Å². The number of hydrogen-bond acceptors (Lipinski definition) is 4. The van der Waals surface area contributed by atoms with E-state index >= 15 is 0 Å². The lowest BCUT2D eigenvalue weighted by molar-refractivity contribution is 0.363. The topological polar surface area (TPSA) is 51.0 Å². The van der Waals surface area contributed by atoms with Gasteiger partial charge < -0.3 is 9.84 Å². The minimum absolute atomic E-state index is 0.462. The zero-order valence-electron chi connectivity index (χ0n) is 12.6. The van der Waals surface area contributed by atoms with E-state index < -0.39 is 0 Å². The van der Waals surface area contributed by atoms with Gasteiger partial charge in [0, 0.05) is 23.9 Å². The maximum absolute atomic E-state index is 6.14. The molecule has 1 N–H and O–H groups in total. The van der Waals surface area contributed by atoms with Crippen LogP contribution < -0.4 is 5.32 Å². The fourth-order valence-corrected chi connectivity index (χ4v) is 2.31. The van der Waals surface area contributed by atoms with Gasteiger partial charge in [0.25, 0.3) is 0 Å². The lowest BCUT2D eigenvalue weighted by atomic mass is 10.1. The summed E-state index contributed by atoms with van der Waals surface area (Å²) in [4.78, 5) is 4.43. The van der Waals surface area contributed by atoms with Crippen LogP contribution in [-0.2, 0) is 12.8 Å². The van der Waals surface area contributed by atoms with E-state index in [1.165, 1.54) is 0 Å². The van der Waals surface area contributed by atoms with Crippen molar-refractivity contribution in [3.8, 4) is 0 Å². The first-order valence-electron chi connectivity index (χ1n) is 7.47. The van der Waals surface area contributed by atoms with Crippen LogP contribution in [0.1, 0.15) is 44.0 Å². The third-order valence-electron chi connectivity index (χ3n) is 3.35. The van der Waals surface area contributed by atoms with Crippen LogP contribution in [0.5, 0.6) is 0 Å². The second kappa shape index (κ2) is 8.15. The SMILES string of the molecule is CCCNC(C)CCc1nc(Cc2ccccc2Cl)no1. The molecule has 2 aromatic rings. The monoisotopic (exact) mass is 307 g/mol. The van der Waals surface area contributed by atoms with Crippen LogP contribution in [0, 0.1) is 0 Å². The molecule has 0 aliphatic rings. The summed E-state index contributed by atoms with van der Waals surface area (Å²) in [6.45, 7) is 5.39. The van der Waals surface area contributed by atoms with Crippen molar-refractivity contribution in [2.24, 2.45) is 0 Å². The highest BCUT2D eigenvalue weighted by Crippen LogP contribution is 2.17. The molecule has 0 radical (unpaired) electrons. The Balaban J connectivity index is 1.85. The molecule has 0 aliphatic heterocycles. The van der Waals surface area contributed by atoms with Crippen LogP contribution in [0.15, 0.2) is 28.8 Å². The summed E-state index contributed by atoms with van der Waals surface area (Å²) in [7, 11) is 0. The van der Waals surface area contributed by atoms with E-state index in [2.05, 4.69) is 29.3 Å². The summed E-state index contributed by atoms with van der Waals surface area (Å²) in [5.41, 5.74) is 1.02. The molecule has 21 heavy (non-hydrogen) atoms. The van der Waals surface area contributed by atoms with E-state index in [0.717, 1.165) is 36.4 Å². The lowest BCUT2D eigenvalue weighted by Gasteiger charge is -2.10. The van der Waals surface area contributed by atoms with E-state index in [1.807, 2.05) is 24.3 Å². The van der Waals surface area contributed by atoms with Gasteiger partial charge >= 0.3 is 0 Å². The van der Waals surface area contributed by atoms with Crippen molar-refractivity contribution < 1.29 is 4.52 Å². The van der Waals surface area contributed by atoms with Crippen molar-refractivity contribution in [2.75, 3.05) is 6.54 Å². The zero-order chi connectivity index (χ0) is 15.1. The van der Waals surface area contributed by atoms with Crippen LogP contribution >= 0.6 is 11.6 Å². The molecular weight excluding hydrogens is 286 g/mol.